The van der Waals surface area contributed by atoms with Crippen molar-refractivity contribution in [3.8, 4) is 0 Å². The zero-order chi connectivity index (χ0) is 18.7. The molecule has 1 aliphatic rings. The number of rotatable bonds is 6. The summed E-state index contributed by atoms with van der Waals surface area (Å²) in [5.41, 5.74) is 2.47. The largest absolute Gasteiger partial charge is 0.331 e. The normalized spacial score (nSPS) is 13.5. The maximum atomic E-state index is 13.0. The van der Waals surface area contributed by atoms with Crippen molar-refractivity contribution >= 4 is 33.4 Å². The van der Waals surface area contributed by atoms with Crippen LogP contribution in [-0.4, -0.2) is 22.8 Å². The summed E-state index contributed by atoms with van der Waals surface area (Å²) in [7, 11) is 0. The van der Waals surface area contributed by atoms with Crippen LogP contribution in [0.25, 0.3) is 0 Å². The molecule has 0 aliphatic heterocycles. The topological polar surface area (TPSA) is 49.4 Å². The van der Waals surface area contributed by atoms with E-state index in [4.69, 9.17) is 0 Å². The average molecular weight is 415 g/mol. The molecule has 0 aromatic heterocycles. The number of halogens is 1. The standard InChI is InChI=1S/C21H23BrN2O2/c1-14(2)20(25)23-18-8-6-16(7-9-18)21(26)24(19-10-11-19)13-15-4-3-5-17(22)12-15/h3-9,12,14,19H,10-11,13H2,1-2H3,(H,23,25). The highest BCUT2D eigenvalue weighted by Crippen LogP contribution is 2.30. The Kier molecular flexibility index (Phi) is 5.77. The summed E-state index contributed by atoms with van der Waals surface area (Å²) in [6.45, 7) is 4.31. The maximum absolute atomic E-state index is 13.0. The van der Waals surface area contributed by atoms with Crippen molar-refractivity contribution in [2.45, 2.75) is 39.3 Å². The smallest absolute Gasteiger partial charge is 0.254 e. The minimum atomic E-state index is -0.0770. The Labute approximate surface area is 162 Å². The maximum Gasteiger partial charge on any atom is 0.254 e. The van der Waals surface area contributed by atoms with Crippen LogP contribution in [0.4, 0.5) is 5.69 Å². The first-order chi connectivity index (χ1) is 12.4. The molecule has 0 atom stereocenters. The van der Waals surface area contributed by atoms with Gasteiger partial charge in [0.1, 0.15) is 0 Å². The van der Waals surface area contributed by atoms with E-state index in [2.05, 4.69) is 21.2 Å². The highest BCUT2D eigenvalue weighted by molar-refractivity contribution is 9.10. The minimum absolute atomic E-state index is 0.0293. The fourth-order valence-electron chi connectivity index (χ4n) is 2.73. The van der Waals surface area contributed by atoms with Gasteiger partial charge in [-0.3, -0.25) is 9.59 Å². The molecule has 2 aromatic carbocycles. The lowest BCUT2D eigenvalue weighted by Crippen LogP contribution is -2.32. The van der Waals surface area contributed by atoms with Gasteiger partial charge in [-0.1, -0.05) is 41.9 Å². The molecule has 0 unspecified atom stereocenters. The van der Waals surface area contributed by atoms with Crippen molar-refractivity contribution in [1.82, 2.24) is 4.90 Å². The second-order valence-corrected chi connectivity index (χ2v) is 7.93. The zero-order valence-corrected chi connectivity index (χ0v) is 16.6. The molecule has 2 aromatic rings. The molecule has 1 aliphatic carbocycles. The van der Waals surface area contributed by atoms with E-state index in [1.807, 2.05) is 43.0 Å². The van der Waals surface area contributed by atoms with Gasteiger partial charge in [-0.2, -0.15) is 0 Å². The third-order valence-corrected chi connectivity index (χ3v) is 4.91. The van der Waals surface area contributed by atoms with E-state index in [9.17, 15) is 9.59 Å². The van der Waals surface area contributed by atoms with Crippen molar-refractivity contribution in [1.29, 1.82) is 0 Å². The van der Waals surface area contributed by atoms with Crippen LogP contribution < -0.4 is 5.32 Å². The monoisotopic (exact) mass is 414 g/mol. The summed E-state index contributed by atoms with van der Waals surface area (Å²) in [5, 5.41) is 2.85. The third-order valence-electron chi connectivity index (χ3n) is 4.41. The van der Waals surface area contributed by atoms with Gasteiger partial charge in [0.25, 0.3) is 5.91 Å². The molecule has 5 heteroatoms. The zero-order valence-electron chi connectivity index (χ0n) is 15.0. The van der Waals surface area contributed by atoms with E-state index in [0.717, 1.165) is 22.9 Å². The van der Waals surface area contributed by atoms with Crippen LogP contribution >= 0.6 is 15.9 Å². The number of anilines is 1. The number of nitrogens with one attached hydrogen (secondary N) is 1. The number of benzene rings is 2. The fraction of sp³-hybridized carbons (Fsp3) is 0.333. The van der Waals surface area contributed by atoms with E-state index in [1.165, 1.54) is 0 Å². The van der Waals surface area contributed by atoms with E-state index < -0.39 is 0 Å². The molecule has 0 saturated heterocycles. The lowest BCUT2D eigenvalue weighted by molar-refractivity contribution is -0.118. The van der Waals surface area contributed by atoms with Crippen molar-refractivity contribution in [2.24, 2.45) is 5.92 Å². The molecule has 0 bridgehead atoms. The molecular formula is C21H23BrN2O2. The van der Waals surface area contributed by atoms with Crippen LogP contribution in [-0.2, 0) is 11.3 Å². The first kappa shape index (κ1) is 18.6. The summed E-state index contributed by atoms with van der Waals surface area (Å²) < 4.78 is 1.02. The van der Waals surface area contributed by atoms with Gasteiger partial charge in [-0.05, 0) is 54.8 Å². The minimum Gasteiger partial charge on any atom is -0.331 e. The Hall–Kier alpha value is -2.14. The Morgan fingerprint density at radius 1 is 1.15 bits per heavy atom. The summed E-state index contributed by atoms with van der Waals surface area (Å²) in [4.78, 5) is 26.7. The number of carbonyl (C=O) groups excluding carboxylic acids is 2. The molecule has 0 spiro atoms. The number of hydrogen-bond donors (Lipinski definition) is 1. The molecule has 136 valence electrons. The Morgan fingerprint density at radius 2 is 1.85 bits per heavy atom. The molecule has 4 nitrogen and oxygen atoms in total. The highest BCUT2D eigenvalue weighted by Gasteiger charge is 2.33. The van der Waals surface area contributed by atoms with Gasteiger partial charge in [0.15, 0.2) is 0 Å². The van der Waals surface area contributed by atoms with Crippen molar-refractivity contribution in [3.63, 3.8) is 0 Å². The molecule has 2 amide bonds. The molecule has 3 rings (SSSR count). The second kappa shape index (κ2) is 8.04. The van der Waals surface area contributed by atoms with Crippen LogP contribution in [0.3, 0.4) is 0 Å². The predicted molar refractivity (Wildman–Crippen MR) is 107 cm³/mol. The number of carbonyl (C=O) groups is 2. The van der Waals surface area contributed by atoms with Gasteiger partial charge in [0.05, 0.1) is 0 Å². The van der Waals surface area contributed by atoms with Crippen molar-refractivity contribution < 1.29 is 9.59 Å². The van der Waals surface area contributed by atoms with Crippen LogP contribution in [0.5, 0.6) is 0 Å². The first-order valence-corrected chi connectivity index (χ1v) is 9.69. The number of amides is 2. The summed E-state index contributed by atoms with van der Waals surface area (Å²) >= 11 is 3.49. The number of nitrogens with zero attached hydrogens (tertiary/aromatic N) is 1. The molecule has 1 N–H and O–H groups in total. The van der Waals surface area contributed by atoms with E-state index in [1.54, 1.807) is 24.3 Å². The average Bonchev–Trinajstić information content (AvgIpc) is 3.44. The Balaban J connectivity index is 1.72. The van der Waals surface area contributed by atoms with Crippen molar-refractivity contribution in [3.05, 3.63) is 64.1 Å². The van der Waals surface area contributed by atoms with E-state index >= 15 is 0 Å². The first-order valence-electron chi connectivity index (χ1n) is 8.90. The summed E-state index contributed by atoms with van der Waals surface area (Å²) in [5.74, 6) is -0.0700. The van der Waals surface area contributed by atoms with Crippen LogP contribution in [0.1, 0.15) is 42.6 Å². The van der Waals surface area contributed by atoms with Gasteiger partial charge < -0.3 is 10.2 Å². The highest BCUT2D eigenvalue weighted by atomic mass is 79.9. The molecule has 26 heavy (non-hydrogen) atoms. The molecule has 1 fully saturated rings. The third kappa shape index (κ3) is 4.73. The summed E-state index contributed by atoms with van der Waals surface area (Å²) in [6.07, 6.45) is 2.12. The van der Waals surface area contributed by atoms with Gasteiger partial charge in [0.2, 0.25) is 5.91 Å². The molecule has 0 radical (unpaired) electrons. The van der Waals surface area contributed by atoms with Gasteiger partial charge in [0, 0.05) is 34.2 Å². The molecule has 0 heterocycles. The summed E-state index contributed by atoms with van der Waals surface area (Å²) in [6, 6.07) is 15.5. The fourth-order valence-corrected chi connectivity index (χ4v) is 3.18. The van der Waals surface area contributed by atoms with Gasteiger partial charge >= 0.3 is 0 Å². The van der Waals surface area contributed by atoms with Gasteiger partial charge in [-0.25, -0.2) is 0 Å². The Morgan fingerprint density at radius 3 is 2.42 bits per heavy atom. The van der Waals surface area contributed by atoms with E-state index in [0.29, 0.717) is 23.8 Å². The van der Waals surface area contributed by atoms with Crippen LogP contribution in [0, 0.1) is 5.92 Å². The molecular weight excluding hydrogens is 392 g/mol. The van der Waals surface area contributed by atoms with Crippen LogP contribution in [0.2, 0.25) is 0 Å². The number of hydrogen-bond acceptors (Lipinski definition) is 2. The Bertz CT molecular complexity index is 798. The SMILES string of the molecule is CC(C)C(=O)Nc1ccc(C(=O)N(Cc2cccc(Br)c2)C2CC2)cc1. The lowest BCUT2D eigenvalue weighted by Gasteiger charge is -2.23. The quantitative estimate of drug-likeness (QED) is 0.734. The molecule has 1 saturated carbocycles. The van der Waals surface area contributed by atoms with Crippen molar-refractivity contribution in [2.75, 3.05) is 5.32 Å². The lowest BCUT2D eigenvalue weighted by atomic mass is 10.1. The van der Waals surface area contributed by atoms with Crippen LogP contribution in [0.15, 0.2) is 53.0 Å². The van der Waals surface area contributed by atoms with E-state index in [-0.39, 0.29) is 17.7 Å². The predicted octanol–water partition coefficient (Wildman–Crippen LogP) is 4.85. The second-order valence-electron chi connectivity index (χ2n) is 7.02. The van der Waals surface area contributed by atoms with Gasteiger partial charge in [-0.15, -0.1) is 0 Å².